The summed E-state index contributed by atoms with van der Waals surface area (Å²) in [5.74, 6) is -0.00474. The topological polar surface area (TPSA) is 66.6 Å². The molecular formula is C16H18N2O2. The van der Waals surface area contributed by atoms with Gasteiger partial charge in [-0.2, -0.15) is 0 Å². The van der Waals surface area contributed by atoms with Crippen LogP contribution in [0.25, 0.3) is 0 Å². The van der Waals surface area contributed by atoms with Crippen molar-refractivity contribution in [1.29, 1.82) is 0 Å². The third kappa shape index (κ3) is 2.59. The number of nitrogens with two attached hydrogens (primary N) is 1. The Kier molecular flexibility index (Phi) is 3.94. The van der Waals surface area contributed by atoms with Gasteiger partial charge < -0.3 is 15.7 Å². The Bertz CT molecular complexity index is 621. The second-order valence-electron chi connectivity index (χ2n) is 4.59. The number of phenols is 1. The maximum absolute atomic E-state index is 12.6. The van der Waals surface area contributed by atoms with Crippen LogP contribution in [-0.4, -0.2) is 17.6 Å². The van der Waals surface area contributed by atoms with E-state index in [4.69, 9.17) is 5.73 Å². The van der Waals surface area contributed by atoms with Gasteiger partial charge >= 0.3 is 0 Å². The van der Waals surface area contributed by atoms with Crippen LogP contribution < -0.4 is 10.6 Å². The second-order valence-corrected chi connectivity index (χ2v) is 4.59. The Morgan fingerprint density at radius 3 is 2.45 bits per heavy atom. The molecule has 0 aliphatic carbocycles. The van der Waals surface area contributed by atoms with Gasteiger partial charge in [0.25, 0.3) is 5.91 Å². The molecule has 0 fully saturated rings. The molecule has 0 spiro atoms. The highest BCUT2D eigenvalue weighted by Crippen LogP contribution is 2.24. The molecule has 0 heterocycles. The van der Waals surface area contributed by atoms with E-state index in [2.05, 4.69) is 0 Å². The van der Waals surface area contributed by atoms with Crippen molar-refractivity contribution in [1.82, 2.24) is 0 Å². The lowest BCUT2D eigenvalue weighted by Gasteiger charge is -2.22. The van der Waals surface area contributed by atoms with Crippen LogP contribution in [-0.2, 0) is 0 Å². The average Bonchev–Trinajstić information content (AvgIpc) is 2.44. The van der Waals surface area contributed by atoms with E-state index in [-0.39, 0.29) is 11.7 Å². The molecule has 0 unspecified atom stereocenters. The predicted octanol–water partition coefficient (Wildman–Crippen LogP) is 2.95. The number of rotatable bonds is 3. The van der Waals surface area contributed by atoms with Crippen LogP contribution >= 0.6 is 0 Å². The van der Waals surface area contributed by atoms with Crippen molar-refractivity contribution in [2.24, 2.45) is 0 Å². The van der Waals surface area contributed by atoms with Gasteiger partial charge in [-0.3, -0.25) is 4.79 Å². The first kappa shape index (κ1) is 13.9. The van der Waals surface area contributed by atoms with Crippen molar-refractivity contribution < 1.29 is 9.90 Å². The van der Waals surface area contributed by atoms with Gasteiger partial charge in [-0.15, -0.1) is 0 Å². The van der Waals surface area contributed by atoms with Crippen molar-refractivity contribution in [3.63, 3.8) is 0 Å². The molecule has 1 amide bonds. The molecule has 4 heteroatoms. The average molecular weight is 270 g/mol. The molecule has 4 nitrogen and oxygen atoms in total. The number of amides is 1. The number of carbonyl (C=O) groups is 1. The van der Waals surface area contributed by atoms with E-state index in [9.17, 15) is 9.90 Å². The van der Waals surface area contributed by atoms with Crippen molar-refractivity contribution in [2.75, 3.05) is 17.2 Å². The van der Waals surface area contributed by atoms with Crippen molar-refractivity contribution in [2.45, 2.75) is 13.8 Å². The first-order chi connectivity index (χ1) is 9.54. The van der Waals surface area contributed by atoms with Crippen LogP contribution in [0.5, 0.6) is 5.75 Å². The van der Waals surface area contributed by atoms with Crippen molar-refractivity contribution in [3.05, 3.63) is 53.6 Å². The highest BCUT2D eigenvalue weighted by atomic mass is 16.3. The smallest absolute Gasteiger partial charge is 0.258 e. The summed E-state index contributed by atoms with van der Waals surface area (Å²) in [4.78, 5) is 14.3. The second kappa shape index (κ2) is 5.65. The number of nitrogens with zero attached hydrogens (tertiary/aromatic N) is 1. The SMILES string of the molecule is CCN(C(=O)c1cccc(O)c1C)c1ccc(N)cc1. The van der Waals surface area contributed by atoms with Crippen LogP contribution in [0, 0.1) is 6.92 Å². The van der Waals surface area contributed by atoms with Gasteiger partial charge in [-0.1, -0.05) is 6.07 Å². The molecule has 0 atom stereocenters. The first-order valence-electron chi connectivity index (χ1n) is 6.50. The lowest BCUT2D eigenvalue weighted by atomic mass is 10.1. The predicted molar refractivity (Wildman–Crippen MR) is 81.0 cm³/mol. The minimum atomic E-state index is -0.134. The number of carbonyl (C=O) groups excluding carboxylic acids is 1. The lowest BCUT2D eigenvalue weighted by molar-refractivity contribution is 0.0987. The fourth-order valence-electron chi connectivity index (χ4n) is 2.10. The highest BCUT2D eigenvalue weighted by molar-refractivity contribution is 6.07. The van der Waals surface area contributed by atoms with Crippen LogP contribution in [0.3, 0.4) is 0 Å². The minimum absolute atomic E-state index is 0.129. The van der Waals surface area contributed by atoms with E-state index < -0.39 is 0 Å². The molecule has 2 aromatic rings. The number of hydrogen-bond acceptors (Lipinski definition) is 3. The molecule has 0 radical (unpaired) electrons. The lowest BCUT2D eigenvalue weighted by Crippen LogP contribution is -2.31. The third-order valence-electron chi connectivity index (χ3n) is 3.30. The number of nitrogen functional groups attached to an aromatic ring is 1. The Morgan fingerprint density at radius 2 is 1.85 bits per heavy atom. The molecule has 0 saturated carbocycles. The molecule has 104 valence electrons. The molecular weight excluding hydrogens is 252 g/mol. The van der Waals surface area contributed by atoms with Gasteiger partial charge in [0.15, 0.2) is 0 Å². The Labute approximate surface area is 118 Å². The van der Waals surface area contributed by atoms with Gasteiger partial charge in [0.05, 0.1) is 0 Å². The number of hydrogen-bond donors (Lipinski definition) is 2. The fraction of sp³-hybridized carbons (Fsp3) is 0.188. The summed E-state index contributed by atoms with van der Waals surface area (Å²) >= 11 is 0. The quantitative estimate of drug-likeness (QED) is 0.843. The van der Waals surface area contributed by atoms with Gasteiger partial charge in [0.1, 0.15) is 5.75 Å². The van der Waals surface area contributed by atoms with E-state index in [0.717, 1.165) is 5.69 Å². The summed E-state index contributed by atoms with van der Waals surface area (Å²) < 4.78 is 0. The summed E-state index contributed by atoms with van der Waals surface area (Å²) in [7, 11) is 0. The minimum Gasteiger partial charge on any atom is -0.508 e. The zero-order valence-corrected chi connectivity index (χ0v) is 11.6. The molecule has 3 N–H and O–H groups in total. The van der Waals surface area contributed by atoms with Crippen LogP contribution in [0.4, 0.5) is 11.4 Å². The highest BCUT2D eigenvalue weighted by Gasteiger charge is 2.18. The Morgan fingerprint density at radius 1 is 1.20 bits per heavy atom. The normalized spacial score (nSPS) is 10.3. The summed E-state index contributed by atoms with van der Waals surface area (Å²) in [6, 6.07) is 12.1. The molecule has 2 aromatic carbocycles. The molecule has 0 aliphatic heterocycles. The number of phenolic OH excluding ortho intramolecular Hbond substituents is 1. The monoisotopic (exact) mass is 270 g/mol. The largest absolute Gasteiger partial charge is 0.508 e. The zero-order valence-electron chi connectivity index (χ0n) is 11.6. The third-order valence-corrected chi connectivity index (χ3v) is 3.30. The molecule has 2 rings (SSSR count). The van der Waals surface area contributed by atoms with Gasteiger partial charge in [0, 0.05) is 29.0 Å². The summed E-state index contributed by atoms with van der Waals surface area (Å²) in [6.45, 7) is 4.18. The maximum Gasteiger partial charge on any atom is 0.258 e. The summed E-state index contributed by atoms with van der Waals surface area (Å²) in [6.07, 6.45) is 0. The molecule has 0 bridgehead atoms. The van der Waals surface area contributed by atoms with Gasteiger partial charge in [-0.05, 0) is 50.2 Å². The Hall–Kier alpha value is -2.49. The molecule has 0 aliphatic rings. The first-order valence-corrected chi connectivity index (χ1v) is 6.50. The van der Waals surface area contributed by atoms with Crippen molar-refractivity contribution >= 4 is 17.3 Å². The van der Waals surface area contributed by atoms with E-state index in [1.165, 1.54) is 0 Å². The van der Waals surface area contributed by atoms with Crippen LogP contribution in [0.1, 0.15) is 22.8 Å². The standard InChI is InChI=1S/C16H18N2O2/c1-3-18(13-9-7-12(17)8-10-13)16(20)14-5-4-6-15(19)11(14)2/h4-10,19H,3,17H2,1-2H3. The molecule has 0 saturated heterocycles. The summed E-state index contributed by atoms with van der Waals surface area (Å²) in [5, 5.41) is 9.72. The van der Waals surface area contributed by atoms with E-state index in [1.807, 2.05) is 19.1 Å². The molecule has 20 heavy (non-hydrogen) atoms. The molecule has 0 aromatic heterocycles. The van der Waals surface area contributed by atoms with Gasteiger partial charge in [0.2, 0.25) is 0 Å². The van der Waals surface area contributed by atoms with E-state index >= 15 is 0 Å². The van der Waals surface area contributed by atoms with Crippen LogP contribution in [0.2, 0.25) is 0 Å². The van der Waals surface area contributed by atoms with E-state index in [1.54, 1.807) is 42.2 Å². The fourth-order valence-corrected chi connectivity index (χ4v) is 2.10. The number of aromatic hydroxyl groups is 1. The number of benzene rings is 2. The Balaban J connectivity index is 2.39. The van der Waals surface area contributed by atoms with Crippen molar-refractivity contribution in [3.8, 4) is 5.75 Å². The maximum atomic E-state index is 12.6. The van der Waals surface area contributed by atoms with E-state index in [0.29, 0.717) is 23.4 Å². The number of anilines is 2. The van der Waals surface area contributed by atoms with Gasteiger partial charge in [-0.25, -0.2) is 0 Å². The zero-order chi connectivity index (χ0) is 14.7. The summed E-state index contributed by atoms with van der Waals surface area (Å²) in [5.41, 5.74) is 8.20. The van der Waals surface area contributed by atoms with Crippen LogP contribution in [0.15, 0.2) is 42.5 Å².